The van der Waals surface area contributed by atoms with Crippen LogP contribution in [0.3, 0.4) is 0 Å². The first kappa shape index (κ1) is 14.8. The molecule has 118 valence electrons. The molecule has 3 aliphatic rings. The summed E-state index contributed by atoms with van der Waals surface area (Å²) < 4.78 is 5.46. The monoisotopic (exact) mass is 295 g/mol. The number of hydrogen-bond donors (Lipinski definition) is 1. The molecule has 0 bridgehead atoms. The maximum absolute atomic E-state index is 12.8. The van der Waals surface area contributed by atoms with Gasteiger partial charge in [0, 0.05) is 25.8 Å². The number of carboxylic acid groups (broad SMARTS) is 1. The lowest BCUT2D eigenvalue weighted by molar-refractivity contribution is -0.142. The van der Waals surface area contributed by atoms with Gasteiger partial charge >= 0.3 is 5.97 Å². The minimum Gasteiger partial charge on any atom is -0.481 e. The maximum Gasteiger partial charge on any atom is 0.307 e. The summed E-state index contributed by atoms with van der Waals surface area (Å²) in [5.41, 5.74) is -0.222. The first-order valence-electron chi connectivity index (χ1n) is 7.92. The number of aliphatic carboxylic acids is 1. The first-order valence-corrected chi connectivity index (χ1v) is 7.92. The maximum atomic E-state index is 12.8. The molecule has 3 fully saturated rings. The summed E-state index contributed by atoms with van der Waals surface area (Å²) in [6, 6.07) is 0.194. The van der Waals surface area contributed by atoms with Crippen molar-refractivity contribution in [2.24, 2.45) is 22.7 Å². The molecule has 5 heteroatoms. The molecule has 1 aliphatic carbocycles. The highest BCUT2D eigenvalue weighted by Crippen LogP contribution is 2.60. The Kier molecular flexibility index (Phi) is 3.32. The fraction of sp³-hybridized carbons (Fsp3) is 0.875. The van der Waals surface area contributed by atoms with Crippen LogP contribution in [0.4, 0.5) is 0 Å². The molecule has 5 nitrogen and oxygen atoms in total. The van der Waals surface area contributed by atoms with E-state index < -0.39 is 17.3 Å². The standard InChI is InChI=1S/C16H25NO4/c1-10-16(5-8-21-9-6-16)4-7-17(10)13(18)11-12(14(19)20)15(11,2)3/h10-12H,4-9H2,1-3H3,(H,19,20)/t10?,11-,12+/m0/s1. The quantitative estimate of drug-likeness (QED) is 0.843. The Labute approximate surface area is 125 Å². The van der Waals surface area contributed by atoms with E-state index in [1.807, 2.05) is 18.7 Å². The van der Waals surface area contributed by atoms with Crippen molar-refractivity contribution in [3.63, 3.8) is 0 Å². The van der Waals surface area contributed by atoms with Gasteiger partial charge in [-0.25, -0.2) is 0 Å². The van der Waals surface area contributed by atoms with Crippen LogP contribution in [0.2, 0.25) is 0 Å². The van der Waals surface area contributed by atoms with E-state index in [0.717, 1.165) is 39.0 Å². The molecule has 3 atom stereocenters. The van der Waals surface area contributed by atoms with E-state index in [-0.39, 0.29) is 23.3 Å². The summed E-state index contributed by atoms with van der Waals surface area (Å²) in [5.74, 6) is -1.68. The largest absolute Gasteiger partial charge is 0.481 e. The van der Waals surface area contributed by atoms with Crippen molar-refractivity contribution in [2.45, 2.75) is 46.1 Å². The average molecular weight is 295 g/mol. The molecule has 1 N–H and O–H groups in total. The highest BCUT2D eigenvalue weighted by molar-refractivity contribution is 5.92. The summed E-state index contributed by atoms with van der Waals surface area (Å²) >= 11 is 0. The van der Waals surface area contributed by atoms with Gasteiger partial charge in [0.1, 0.15) is 0 Å². The van der Waals surface area contributed by atoms with Gasteiger partial charge in [0.2, 0.25) is 5.91 Å². The lowest BCUT2D eigenvalue weighted by Gasteiger charge is -2.39. The van der Waals surface area contributed by atoms with Crippen LogP contribution in [-0.2, 0) is 14.3 Å². The van der Waals surface area contributed by atoms with E-state index in [9.17, 15) is 14.7 Å². The van der Waals surface area contributed by atoms with Gasteiger partial charge in [-0.3, -0.25) is 9.59 Å². The Balaban J connectivity index is 1.74. The Bertz CT molecular complexity index is 467. The third kappa shape index (κ3) is 2.08. The predicted molar refractivity (Wildman–Crippen MR) is 76.7 cm³/mol. The van der Waals surface area contributed by atoms with Crippen LogP contribution in [0, 0.1) is 22.7 Å². The Morgan fingerprint density at radius 2 is 1.76 bits per heavy atom. The van der Waals surface area contributed by atoms with Gasteiger partial charge in [0.05, 0.1) is 11.8 Å². The average Bonchev–Trinajstić information content (AvgIpc) is 2.90. The molecule has 0 radical (unpaired) electrons. The van der Waals surface area contributed by atoms with Crippen LogP contribution in [0.5, 0.6) is 0 Å². The Morgan fingerprint density at radius 1 is 1.14 bits per heavy atom. The van der Waals surface area contributed by atoms with Gasteiger partial charge in [-0.05, 0) is 37.0 Å². The van der Waals surface area contributed by atoms with Crippen molar-refractivity contribution in [3.05, 3.63) is 0 Å². The van der Waals surface area contributed by atoms with Gasteiger partial charge in [-0.15, -0.1) is 0 Å². The Hall–Kier alpha value is -1.10. The van der Waals surface area contributed by atoms with E-state index in [0.29, 0.717) is 0 Å². The lowest BCUT2D eigenvalue weighted by atomic mass is 9.74. The van der Waals surface area contributed by atoms with Crippen molar-refractivity contribution in [1.29, 1.82) is 0 Å². The van der Waals surface area contributed by atoms with Gasteiger partial charge in [0.25, 0.3) is 0 Å². The van der Waals surface area contributed by atoms with Gasteiger partial charge in [-0.1, -0.05) is 13.8 Å². The number of hydrogen-bond acceptors (Lipinski definition) is 3. The summed E-state index contributed by atoms with van der Waals surface area (Å²) in [4.78, 5) is 26.0. The minimum absolute atomic E-state index is 0.0447. The lowest BCUT2D eigenvalue weighted by Crippen LogP contribution is -2.44. The summed E-state index contributed by atoms with van der Waals surface area (Å²) in [7, 11) is 0. The topological polar surface area (TPSA) is 66.8 Å². The van der Waals surface area contributed by atoms with Crippen LogP contribution < -0.4 is 0 Å². The molecular weight excluding hydrogens is 270 g/mol. The molecule has 2 saturated heterocycles. The number of carbonyl (C=O) groups excluding carboxylic acids is 1. The highest BCUT2D eigenvalue weighted by Gasteiger charge is 2.67. The van der Waals surface area contributed by atoms with Crippen molar-refractivity contribution < 1.29 is 19.4 Å². The normalized spacial score (nSPS) is 36.7. The fourth-order valence-corrected chi connectivity index (χ4v) is 4.56. The number of ether oxygens (including phenoxy) is 1. The molecule has 3 rings (SSSR count). The number of amides is 1. The second kappa shape index (κ2) is 4.70. The van der Waals surface area contributed by atoms with Crippen molar-refractivity contribution in [1.82, 2.24) is 4.90 Å². The third-order valence-electron chi connectivity index (χ3n) is 6.34. The van der Waals surface area contributed by atoms with Crippen molar-refractivity contribution in [2.75, 3.05) is 19.8 Å². The van der Waals surface area contributed by atoms with Crippen LogP contribution in [0.1, 0.15) is 40.0 Å². The molecule has 1 saturated carbocycles. The molecule has 1 spiro atoms. The van der Waals surface area contributed by atoms with E-state index in [4.69, 9.17) is 4.74 Å². The molecule has 0 aromatic heterocycles. The van der Waals surface area contributed by atoms with Gasteiger partial charge in [-0.2, -0.15) is 0 Å². The van der Waals surface area contributed by atoms with E-state index in [1.54, 1.807) is 0 Å². The van der Waals surface area contributed by atoms with Gasteiger partial charge in [0.15, 0.2) is 0 Å². The summed E-state index contributed by atoms with van der Waals surface area (Å²) in [6.07, 6.45) is 3.04. The molecule has 21 heavy (non-hydrogen) atoms. The fourth-order valence-electron chi connectivity index (χ4n) is 4.56. The number of nitrogens with zero attached hydrogens (tertiary/aromatic N) is 1. The second-order valence-corrected chi connectivity index (χ2v) is 7.55. The van der Waals surface area contributed by atoms with Crippen LogP contribution >= 0.6 is 0 Å². The molecule has 0 aromatic rings. The molecule has 1 amide bonds. The zero-order valence-corrected chi connectivity index (χ0v) is 13.1. The van der Waals surface area contributed by atoms with E-state index >= 15 is 0 Å². The smallest absolute Gasteiger partial charge is 0.307 e. The SMILES string of the molecule is CC1N(C(=O)[C@@H]2[C@H](C(=O)O)C2(C)C)CCC12CCOCC2. The first-order chi connectivity index (χ1) is 9.81. The summed E-state index contributed by atoms with van der Waals surface area (Å²) in [6.45, 7) is 8.22. The second-order valence-electron chi connectivity index (χ2n) is 7.55. The van der Waals surface area contributed by atoms with Crippen LogP contribution in [0.25, 0.3) is 0 Å². The third-order valence-corrected chi connectivity index (χ3v) is 6.34. The number of carboxylic acids is 1. The Morgan fingerprint density at radius 3 is 2.29 bits per heavy atom. The zero-order valence-electron chi connectivity index (χ0n) is 13.1. The van der Waals surface area contributed by atoms with Crippen LogP contribution in [0.15, 0.2) is 0 Å². The van der Waals surface area contributed by atoms with Crippen molar-refractivity contribution >= 4 is 11.9 Å². The number of rotatable bonds is 2. The van der Waals surface area contributed by atoms with Crippen LogP contribution in [-0.4, -0.2) is 47.7 Å². The van der Waals surface area contributed by atoms with Gasteiger partial charge < -0.3 is 14.7 Å². The molecule has 2 heterocycles. The zero-order chi connectivity index (χ0) is 15.4. The number of carbonyl (C=O) groups is 2. The highest BCUT2D eigenvalue weighted by atomic mass is 16.5. The minimum atomic E-state index is -0.842. The van der Waals surface area contributed by atoms with E-state index in [2.05, 4.69) is 6.92 Å². The number of likely N-dealkylation sites (tertiary alicyclic amines) is 1. The van der Waals surface area contributed by atoms with Crippen molar-refractivity contribution in [3.8, 4) is 0 Å². The molecule has 2 aliphatic heterocycles. The molecular formula is C16H25NO4. The van der Waals surface area contributed by atoms with E-state index in [1.165, 1.54) is 0 Å². The predicted octanol–water partition coefficient (Wildman–Crippen LogP) is 1.76. The molecule has 1 unspecified atom stereocenters. The summed E-state index contributed by atoms with van der Waals surface area (Å²) in [5, 5.41) is 9.27. The molecule has 0 aromatic carbocycles.